The van der Waals surface area contributed by atoms with Crippen LogP contribution in [0.5, 0.6) is 0 Å². The monoisotopic (exact) mass is 416 g/mol. The molecule has 1 atom stereocenters. The number of nitrogens with one attached hydrogen (secondary N) is 1. The Kier molecular flexibility index (Phi) is 5.81. The fraction of sp³-hybridized carbons (Fsp3) is 0.375. The molecule has 0 amide bonds. The van der Waals surface area contributed by atoms with Crippen LogP contribution in [0.3, 0.4) is 0 Å². The second-order valence-electron chi connectivity index (χ2n) is 8.34. The molecule has 31 heavy (non-hydrogen) atoms. The van der Waals surface area contributed by atoms with Crippen molar-refractivity contribution in [1.29, 1.82) is 5.26 Å². The van der Waals surface area contributed by atoms with E-state index in [-0.39, 0.29) is 6.04 Å². The van der Waals surface area contributed by atoms with Crippen molar-refractivity contribution in [3.8, 4) is 6.19 Å². The highest BCUT2D eigenvalue weighted by Crippen LogP contribution is 2.28. The summed E-state index contributed by atoms with van der Waals surface area (Å²) in [5, 5.41) is 12.7. The van der Waals surface area contributed by atoms with E-state index < -0.39 is 0 Å². The number of para-hydroxylation sites is 2. The molecule has 1 aliphatic heterocycles. The number of fused-ring (bicyclic) bond motifs is 1. The van der Waals surface area contributed by atoms with Gasteiger partial charge in [0, 0.05) is 25.3 Å². The zero-order valence-corrected chi connectivity index (χ0v) is 18.5. The van der Waals surface area contributed by atoms with Crippen LogP contribution in [0.15, 0.2) is 51.9 Å². The highest BCUT2D eigenvalue weighted by molar-refractivity contribution is 5.95. The van der Waals surface area contributed by atoms with E-state index in [0.717, 1.165) is 41.0 Å². The van der Waals surface area contributed by atoms with Crippen LogP contribution in [-0.4, -0.2) is 41.5 Å². The molecule has 0 aliphatic carbocycles. The molecule has 7 nitrogen and oxygen atoms in total. The van der Waals surface area contributed by atoms with Crippen LogP contribution in [0.4, 0.5) is 11.7 Å². The second kappa shape index (κ2) is 8.68. The van der Waals surface area contributed by atoms with Gasteiger partial charge in [0.1, 0.15) is 5.52 Å². The maximum atomic E-state index is 9.34. The molecule has 0 bridgehead atoms. The quantitative estimate of drug-likeness (QED) is 0.384. The molecule has 1 aromatic heterocycles. The Balaban J connectivity index is 1.59. The van der Waals surface area contributed by atoms with Crippen molar-refractivity contribution < 1.29 is 4.42 Å². The van der Waals surface area contributed by atoms with Crippen molar-refractivity contribution in [3.05, 3.63) is 53.6 Å². The number of nitriles is 1. The number of hydrogen-bond donors (Lipinski definition) is 1. The molecule has 3 aromatic rings. The molecular weight excluding hydrogens is 388 g/mol. The van der Waals surface area contributed by atoms with Crippen LogP contribution in [0.1, 0.15) is 25.0 Å². The van der Waals surface area contributed by atoms with Gasteiger partial charge in [-0.1, -0.05) is 44.2 Å². The number of aliphatic imine (C=N–C) groups is 1. The van der Waals surface area contributed by atoms with E-state index >= 15 is 0 Å². The molecule has 4 rings (SSSR count). The highest BCUT2D eigenvalue weighted by Gasteiger charge is 2.33. The topological polar surface area (TPSA) is 80.7 Å². The summed E-state index contributed by atoms with van der Waals surface area (Å²) < 4.78 is 6.07. The number of nitrogens with zero attached hydrogens (tertiary/aromatic N) is 5. The van der Waals surface area contributed by atoms with E-state index in [2.05, 4.69) is 34.0 Å². The summed E-state index contributed by atoms with van der Waals surface area (Å²) in [6, 6.07) is 14.8. The molecule has 0 radical (unpaired) electrons. The van der Waals surface area contributed by atoms with Gasteiger partial charge in [-0.3, -0.25) is 0 Å². The third-order valence-electron chi connectivity index (χ3n) is 5.89. The molecule has 160 valence electrons. The number of anilines is 2. The zero-order valence-electron chi connectivity index (χ0n) is 18.5. The SMILES string of the molecule is Cc1ccccc1N/C(=N/C#N)N1CCN(c2nc3c(C)cccc3o2)CC1C(C)C. The van der Waals surface area contributed by atoms with Crippen LogP contribution >= 0.6 is 0 Å². The lowest BCUT2D eigenvalue weighted by molar-refractivity contribution is 0.220. The number of hydrogen-bond acceptors (Lipinski definition) is 5. The molecule has 1 unspecified atom stereocenters. The van der Waals surface area contributed by atoms with Gasteiger partial charge >= 0.3 is 0 Å². The lowest BCUT2D eigenvalue weighted by atomic mass is 10.00. The smallest absolute Gasteiger partial charge is 0.298 e. The Morgan fingerprint density at radius 1 is 1.16 bits per heavy atom. The maximum Gasteiger partial charge on any atom is 0.298 e. The van der Waals surface area contributed by atoms with Crippen molar-refractivity contribution in [2.75, 3.05) is 29.9 Å². The first-order valence-corrected chi connectivity index (χ1v) is 10.6. The predicted octanol–water partition coefficient (Wildman–Crippen LogP) is 4.54. The second-order valence-corrected chi connectivity index (χ2v) is 8.34. The van der Waals surface area contributed by atoms with Crippen LogP contribution in [-0.2, 0) is 0 Å². The molecule has 1 fully saturated rings. The van der Waals surface area contributed by atoms with Gasteiger partial charge in [0.15, 0.2) is 5.58 Å². The lowest BCUT2D eigenvalue weighted by Gasteiger charge is -2.44. The molecule has 2 aromatic carbocycles. The minimum absolute atomic E-state index is 0.147. The van der Waals surface area contributed by atoms with Gasteiger partial charge in [0.25, 0.3) is 6.01 Å². The molecule has 1 N–H and O–H groups in total. The van der Waals surface area contributed by atoms with Crippen LogP contribution in [0.2, 0.25) is 0 Å². The van der Waals surface area contributed by atoms with E-state index in [9.17, 15) is 5.26 Å². The summed E-state index contributed by atoms with van der Waals surface area (Å²) >= 11 is 0. The minimum Gasteiger partial charge on any atom is -0.423 e. The minimum atomic E-state index is 0.147. The van der Waals surface area contributed by atoms with Gasteiger partial charge in [-0.25, -0.2) is 0 Å². The summed E-state index contributed by atoms with van der Waals surface area (Å²) in [6.45, 7) is 10.6. The van der Waals surface area contributed by atoms with E-state index in [1.165, 1.54) is 0 Å². The number of rotatable bonds is 3. The number of benzene rings is 2. The van der Waals surface area contributed by atoms with E-state index in [0.29, 0.717) is 24.4 Å². The average Bonchev–Trinajstić information content (AvgIpc) is 3.20. The van der Waals surface area contributed by atoms with Crippen molar-refractivity contribution in [2.24, 2.45) is 10.9 Å². The lowest BCUT2D eigenvalue weighted by Crippen LogP contribution is -2.58. The zero-order chi connectivity index (χ0) is 22.0. The summed E-state index contributed by atoms with van der Waals surface area (Å²) in [5.41, 5.74) is 4.89. The van der Waals surface area contributed by atoms with Crippen LogP contribution < -0.4 is 10.2 Å². The Hall–Kier alpha value is -3.53. The van der Waals surface area contributed by atoms with Gasteiger partial charge in [0.2, 0.25) is 12.2 Å². The number of oxazole rings is 1. The van der Waals surface area contributed by atoms with Crippen molar-refractivity contribution in [3.63, 3.8) is 0 Å². The summed E-state index contributed by atoms with van der Waals surface area (Å²) in [5.74, 6) is 0.931. The number of aromatic nitrogens is 1. The number of piperazine rings is 1. The largest absolute Gasteiger partial charge is 0.423 e. The van der Waals surface area contributed by atoms with Gasteiger partial charge < -0.3 is 19.5 Å². The van der Waals surface area contributed by atoms with E-state index in [4.69, 9.17) is 9.40 Å². The van der Waals surface area contributed by atoms with Gasteiger partial charge in [-0.15, -0.1) is 4.99 Å². The van der Waals surface area contributed by atoms with Gasteiger partial charge in [-0.05, 0) is 43.0 Å². The van der Waals surface area contributed by atoms with Gasteiger partial charge in [0.05, 0.1) is 6.04 Å². The molecule has 0 saturated carbocycles. The van der Waals surface area contributed by atoms with Crippen molar-refractivity contribution in [2.45, 2.75) is 33.7 Å². The summed E-state index contributed by atoms with van der Waals surface area (Å²) in [4.78, 5) is 13.3. The number of guanidine groups is 1. The number of aryl methyl sites for hydroxylation is 2. The van der Waals surface area contributed by atoms with Crippen LogP contribution in [0.25, 0.3) is 11.1 Å². The first kappa shape index (κ1) is 20.7. The Morgan fingerprint density at radius 2 is 1.94 bits per heavy atom. The maximum absolute atomic E-state index is 9.34. The van der Waals surface area contributed by atoms with Crippen molar-refractivity contribution in [1.82, 2.24) is 9.88 Å². The third kappa shape index (κ3) is 4.19. The molecule has 7 heteroatoms. The van der Waals surface area contributed by atoms with Crippen molar-refractivity contribution >= 4 is 28.8 Å². The normalized spacial score (nSPS) is 17.3. The van der Waals surface area contributed by atoms with E-state index in [1.807, 2.05) is 62.5 Å². The van der Waals surface area contributed by atoms with Crippen LogP contribution in [0, 0.1) is 31.2 Å². The molecule has 0 spiro atoms. The Labute approximate surface area is 183 Å². The fourth-order valence-electron chi connectivity index (χ4n) is 4.07. The Bertz CT molecular complexity index is 1140. The standard InChI is InChI=1S/C24H28N6O/c1-16(2)20-14-29(24-28-22-18(4)9-7-11-21(22)31-24)12-13-30(20)23(26-15-25)27-19-10-6-5-8-17(19)3/h5-11,16,20H,12-14H2,1-4H3,(H,26,27). The summed E-state index contributed by atoms with van der Waals surface area (Å²) in [7, 11) is 0. The molecule has 2 heterocycles. The van der Waals surface area contributed by atoms with E-state index in [1.54, 1.807) is 0 Å². The predicted molar refractivity (Wildman–Crippen MR) is 124 cm³/mol. The molecule has 1 aliphatic rings. The first-order valence-electron chi connectivity index (χ1n) is 10.6. The highest BCUT2D eigenvalue weighted by atomic mass is 16.4. The average molecular weight is 417 g/mol. The first-order chi connectivity index (χ1) is 15.0. The third-order valence-corrected chi connectivity index (χ3v) is 5.89. The summed E-state index contributed by atoms with van der Waals surface area (Å²) in [6.07, 6.45) is 1.97. The van der Waals surface area contributed by atoms with Gasteiger partial charge in [-0.2, -0.15) is 10.2 Å². The molecule has 1 saturated heterocycles. The fourth-order valence-corrected chi connectivity index (χ4v) is 4.07. The molecular formula is C24H28N6O. The Morgan fingerprint density at radius 3 is 2.65 bits per heavy atom.